The van der Waals surface area contributed by atoms with Crippen LogP contribution in [0.5, 0.6) is 0 Å². The van der Waals surface area contributed by atoms with Crippen molar-refractivity contribution in [1.82, 2.24) is 23.9 Å². The van der Waals surface area contributed by atoms with Crippen LogP contribution in [-0.2, 0) is 6.42 Å². The Morgan fingerprint density at radius 2 is 1.39 bits per heavy atom. The number of hydrogen-bond acceptors (Lipinski definition) is 3. The van der Waals surface area contributed by atoms with Gasteiger partial charge < -0.3 is 4.57 Å². The highest BCUT2D eigenvalue weighted by atomic mass is 15.0. The zero-order valence-electron chi connectivity index (χ0n) is 21.9. The molecule has 0 spiro atoms. The molecular formula is C36H21N5. The van der Waals surface area contributed by atoms with Crippen LogP contribution >= 0.6 is 0 Å². The van der Waals surface area contributed by atoms with Gasteiger partial charge in [-0.3, -0.25) is 14.4 Å². The Morgan fingerprint density at radius 3 is 2.32 bits per heavy atom. The summed E-state index contributed by atoms with van der Waals surface area (Å²) in [5.74, 6) is 0. The first-order valence-corrected chi connectivity index (χ1v) is 13.9. The molecule has 4 aromatic carbocycles. The smallest absolute Gasteiger partial charge is 0.146 e. The third-order valence-corrected chi connectivity index (χ3v) is 8.86. The van der Waals surface area contributed by atoms with E-state index < -0.39 is 0 Å². The van der Waals surface area contributed by atoms with E-state index in [4.69, 9.17) is 4.98 Å². The van der Waals surface area contributed by atoms with Crippen LogP contribution in [0.1, 0.15) is 11.1 Å². The highest BCUT2D eigenvalue weighted by Gasteiger charge is 2.24. The van der Waals surface area contributed by atoms with E-state index in [1.165, 1.54) is 49.4 Å². The lowest BCUT2D eigenvalue weighted by Crippen LogP contribution is -1.95. The molecule has 0 fully saturated rings. The van der Waals surface area contributed by atoms with Crippen molar-refractivity contribution in [2.45, 2.75) is 6.42 Å². The number of aromatic nitrogens is 5. The van der Waals surface area contributed by atoms with Gasteiger partial charge in [-0.05, 0) is 77.2 Å². The molecule has 0 N–H and O–H groups in total. The maximum atomic E-state index is 5.10. The molecule has 41 heavy (non-hydrogen) atoms. The fraction of sp³-hybridized carbons (Fsp3) is 0.0278. The highest BCUT2D eigenvalue weighted by Crippen LogP contribution is 2.45. The second-order valence-electron chi connectivity index (χ2n) is 10.9. The second kappa shape index (κ2) is 7.55. The Hall–Kier alpha value is -5.55. The number of imidazole rings is 1. The topological polar surface area (TPSA) is 48.0 Å². The first kappa shape index (κ1) is 21.3. The van der Waals surface area contributed by atoms with Gasteiger partial charge in [0.2, 0.25) is 0 Å². The van der Waals surface area contributed by atoms with Gasteiger partial charge in [-0.2, -0.15) is 0 Å². The van der Waals surface area contributed by atoms with Gasteiger partial charge in [-0.15, -0.1) is 0 Å². The average molecular weight is 524 g/mol. The van der Waals surface area contributed by atoms with Crippen molar-refractivity contribution >= 4 is 60.2 Å². The van der Waals surface area contributed by atoms with Crippen LogP contribution in [0.2, 0.25) is 0 Å². The van der Waals surface area contributed by atoms with Crippen LogP contribution in [0.3, 0.4) is 0 Å². The molecule has 5 aromatic heterocycles. The van der Waals surface area contributed by atoms with E-state index in [1.54, 1.807) is 0 Å². The lowest BCUT2D eigenvalue weighted by molar-refractivity contribution is 1.18. The quantitative estimate of drug-likeness (QED) is 0.204. The van der Waals surface area contributed by atoms with Crippen LogP contribution < -0.4 is 0 Å². The van der Waals surface area contributed by atoms with Gasteiger partial charge in [0, 0.05) is 51.2 Å². The van der Waals surface area contributed by atoms with E-state index in [1.807, 2.05) is 30.9 Å². The van der Waals surface area contributed by atoms with Crippen LogP contribution in [0.4, 0.5) is 0 Å². The monoisotopic (exact) mass is 523 g/mol. The van der Waals surface area contributed by atoms with Gasteiger partial charge in [-0.25, -0.2) is 4.98 Å². The standard InChI is InChI=1S/C36H21N5/c1-2-7-23(8-3-1)40-32-11-10-25-34(28-19-37-14-12-30(28)41-31-13-15-38-20-29(31)39-36(25)41)35(32)27-17-22-16-21-6-4-5-9-24(21)26(22)18-33(27)40/h1-15,17-20H,16H2. The predicted octanol–water partition coefficient (Wildman–Crippen LogP) is 8.25. The first-order chi connectivity index (χ1) is 20.3. The molecule has 0 amide bonds. The number of pyridine rings is 3. The van der Waals surface area contributed by atoms with Gasteiger partial charge in [0.05, 0.1) is 28.3 Å². The van der Waals surface area contributed by atoms with Crippen molar-refractivity contribution in [2.75, 3.05) is 0 Å². The Balaban J connectivity index is 1.47. The van der Waals surface area contributed by atoms with Crippen molar-refractivity contribution in [2.24, 2.45) is 0 Å². The third kappa shape index (κ3) is 2.68. The summed E-state index contributed by atoms with van der Waals surface area (Å²) in [5.41, 5.74) is 13.0. The Labute approximate surface area is 234 Å². The average Bonchev–Trinajstić information content (AvgIpc) is 3.69. The molecular weight excluding hydrogens is 502 g/mol. The number of benzene rings is 4. The molecule has 9 aromatic rings. The van der Waals surface area contributed by atoms with Crippen LogP contribution in [0.25, 0.3) is 77.0 Å². The van der Waals surface area contributed by atoms with E-state index >= 15 is 0 Å². The van der Waals surface area contributed by atoms with E-state index in [-0.39, 0.29) is 0 Å². The maximum absolute atomic E-state index is 5.10. The molecule has 0 saturated heterocycles. The summed E-state index contributed by atoms with van der Waals surface area (Å²) in [6.45, 7) is 0. The van der Waals surface area contributed by atoms with Crippen molar-refractivity contribution in [3.05, 3.63) is 127 Å². The van der Waals surface area contributed by atoms with Gasteiger partial charge in [0.1, 0.15) is 11.2 Å². The predicted molar refractivity (Wildman–Crippen MR) is 166 cm³/mol. The van der Waals surface area contributed by atoms with E-state index in [2.05, 4.69) is 104 Å². The number of rotatable bonds is 1. The molecule has 1 aliphatic carbocycles. The second-order valence-corrected chi connectivity index (χ2v) is 10.9. The van der Waals surface area contributed by atoms with Crippen LogP contribution in [0, 0.1) is 0 Å². The van der Waals surface area contributed by atoms with Gasteiger partial charge in [0.15, 0.2) is 0 Å². The molecule has 0 atom stereocenters. The van der Waals surface area contributed by atoms with Crippen LogP contribution in [0.15, 0.2) is 116 Å². The van der Waals surface area contributed by atoms with Crippen molar-refractivity contribution in [1.29, 1.82) is 0 Å². The molecule has 5 heterocycles. The molecule has 0 aliphatic heterocycles. The third-order valence-electron chi connectivity index (χ3n) is 8.86. The zero-order chi connectivity index (χ0) is 26.7. The summed E-state index contributed by atoms with van der Waals surface area (Å²) < 4.78 is 4.68. The van der Waals surface area contributed by atoms with Crippen molar-refractivity contribution in [3.8, 4) is 16.8 Å². The summed E-state index contributed by atoms with van der Waals surface area (Å²) in [5, 5.41) is 5.92. The summed E-state index contributed by atoms with van der Waals surface area (Å²) in [4.78, 5) is 14.1. The summed E-state index contributed by atoms with van der Waals surface area (Å²) in [6, 6.07) is 33.0. The molecule has 0 bridgehead atoms. The minimum Gasteiger partial charge on any atom is -0.309 e. The number of hydrogen-bond donors (Lipinski definition) is 0. The molecule has 5 nitrogen and oxygen atoms in total. The summed E-state index contributed by atoms with van der Waals surface area (Å²) in [7, 11) is 0. The van der Waals surface area contributed by atoms with Gasteiger partial charge >= 0.3 is 0 Å². The van der Waals surface area contributed by atoms with Crippen LogP contribution in [-0.4, -0.2) is 23.9 Å². The van der Waals surface area contributed by atoms with E-state index in [9.17, 15) is 0 Å². The minimum absolute atomic E-state index is 0.889. The maximum Gasteiger partial charge on any atom is 0.146 e. The summed E-state index contributed by atoms with van der Waals surface area (Å²) >= 11 is 0. The molecule has 0 radical (unpaired) electrons. The van der Waals surface area contributed by atoms with Gasteiger partial charge in [0.25, 0.3) is 0 Å². The molecule has 10 rings (SSSR count). The zero-order valence-corrected chi connectivity index (χ0v) is 21.9. The van der Waals surface area contributed by atoms with Crippen molar-refractivity contribution in [3.63, 3.8) is 0 Å². The summed E-state index contributed by atoms with van der Waals surface area (Å²) in [6.07, 6.45) is 8.52. The SMILES string of the molecule is c1ccc(-n2c3cc4c(cc3c3c5c6cnccc6n6c7ccncc7nc6c5ccc32)Cc2ccccc2-4)cc1. The Kier molecular flexibility index (Phi) is 3.92. The Morgan fingerprint density at radius 1 is 0.561 bits per heavy atom. The fourth-order valence-electron chi connectivity index (χ4n) is 7.19. The fourth-order valence-corrected chi connectivity index (χ4v) is 7.19. The highest BCUT2D eigenvalue weighted by molar-refractivity contribution is 6.30. The number of fused-ring (bicyclic) bond motifs is 15. The lowest BCUT2D eigenvalue weighted by atomic mass is 9.98. The minimum atomic E-state index is 0.889. The number of para-hydroxylation sites is 1. The van der Waals surface area contributed by atoms with Crippen molar-refractivity contribution < 1.29 is 0 Å². The van der Waals surface area contributed by atoms with E-state index in [0.717, 1.165) is 45.1 Å². The molecule has 0 saturated carbocycles. The normalized spacial score (nSPS) is 12.8. The largest absolute Gasteiger partial charge is 0.309 e. The first-order valence-electron chi connectivity index (χ1n) is 13.9. The van der Waals surface area contributed by atoms with E-state index in [0.29, 0.717) is 0 Å². The number of nitrogens with zero attached hydrogens (tertiary/aromatic N) is 5. The Bertz CT molecular complexity index is 2550. The molecule has 0 unspecified atom stereocenters. The molecule has 1 aliphatic rings. The molecule has 190 valence electrons. The molecule has 5 heteroatoms. The lowest BCUT2D eigenvalue weighted by Gasteiger charge is -2.11. The van der Waals surface area contributed by atoms with Gasteiger partial charge in [-0.1, -0.05) is 42.5 Å².